The molecule has 4 nitrogen and oxygen atoms in total. The highest BCUT2D eigenvalue weighted by Gasteiger charge is 2.23. The van der Waals surface area contributed by atoms with Crippen molar-refractivity contribution in [2.24, 2.45) is 0 Å². The van der Waals surface area contributed by atoms with Gasteiger partial charge in [0.15, 0.2) is 0 Å². The summed E-state index contributed by atoms with van der Waals surface area (Å²) in [5, 5.41) is 6.15. The Morgan fingerprint density at radius 1 is 1.36 bits per heavy atom. The number of nitrogens with zero attached hydrogens (tertiary/aromatic N) is 2. The largest absolute Gasteiger partial charge is 0.354 e. The number of aryl methyl sites for hydroxylation is 1. The van der Waals surface area contributed by atoms with Crippen LogP contribution in [0, 0.1) is 6.92 Å². The molecule has 1 N–H and O–H groups in total. The van der Waals surface area contributed by atoms with E-state index in [0.717, 1.165) is 29.2 Å². The quantitative estimate of drug-likeness (QED) is 0.854. The van der Waals surface area contributed by atoms with Gasteiger partial charge in [0.05, 0.1) is 10.7 Å². The Kier molecular flexibility index (Phi) is 6.10. The van der Waals surface area contributed by atoms with Gasteiger partial charge in [-0.2, -0.15) is 0 Å². The maximum absolute atomic E-state index is 12.6. The van der Waals surface area contributed by atoms with Gasteiger partial charge in [-0.25, -0.2) is 4.98 Å². The van der Waals surface area contributed by atoms with E-state index in [1.54, 1.807) is 11.3 Å². The second-order valence-electron chi connectivity index (χ2n) is 5.29. The molecule has 0 spiro atoms. The zero-order valence-electron chi connectivity index (χ0n) is 13.4. The molecule has 2 aromatic rings. The van der Waals surface area contributed by atoms with Crippen LogP contribution in [0.15, 0.2) is 35.7 Å². The van der Waals surface area contributed by atoms with Crippen LogP contribution in [-0.2, 0) is 11.2 Å². The summed E-state index contributed by atoms with van der Waals surface area (Å²) in [5.41, 5.74) is 2.07. The summed E-state index contributed by atoms with van der Waals surface area (Å²) in [6.07, 6.45) is 0.771. The smallest absolute Gasteiger partial charge is 0.241 e. The van der Waals surface area contributed by atoms with Gasteiger partial charge in [-0.05, 0) is 26.1 Å². The van der Waals surface area contributed by atoms with Crippen LogP contribution in [0.4, 0.5) is 0 Å². The normalized spacial score (nSPS) is 12.4. The Morgan fingerprint density at radius 3 is 2.68 bits per heavy atom. The monoisotopic (exact) mass is 317 g/mol. The van der Waals surface area contributed by atoms with Crippen molar-refractivity contribution < 1.29 is 4.79 Å². The number of likely N-dealkylation sites (N-methyl/N-ethyl adjacent to an activating group) is 1. The van der Waals surface area contributed by atoms with Crippen LogP contribution in [0.25, 0.3) is 0 Å². The van der Waals surface area contributed by atoms with E-state index < -0.39 is 0 Å². The molecule has 0 aliphatic rings. The summed E-state index contributed by atoms with van der Waals surface area (Å²) in [4.78, 5) is 19.0. The molecule has 0 saturated heterocycles. The van der Waals surface area contributed by atoms with Gasteiger partial charge in [0, 0.05) is 18.3 Å². The van der Waals surface area contributed by atoms with Crippen molar-refractivity contribution in [3.05, 3.63) is 52.0 Å². The van der Waals surface area contributed by atoms with Crippen LogP contribution >= 0.6 is 11.3 Å². The third kappa shape index (κ3) is 4.39. The number of aromatic nitrogens is 1. The Labute approximate surface area is 136 Å². The lowest BCUT2D eigenvalue weighted by Gasteiger charge is -2.26. The molecule has 0 aliphatic carbocycles. The molecule has 118 valence electrons. The maximum atomic E-state index is 12.6. The summed E-state index contributed by atoms with van der Waals surface area (Å²) in [6.45, 7) is 5.48. The minimum absolute atomic E-state index is 0.0440. The van der Waals surface area contributed by atoms with Gasteiger partial charge in [0.1, 0.15) is 6.04 Å². The van der Waals surface area contributed by atoms with Crippen LogP contribution in [0.3, 0.4) is 0 Å². The Bertz CT molecular complexity index is 597. The average Bonchev–Trinajstić information content (AvgIpc) is 2.94. The van der Waals surface area contributed by atoms with Gasteiger partial charge in [-0.15, -0.1) is 11.3 Å². The zero-order valence-corrected chi connectivity index (χ0v) is 14.2. The summed E-state index contributed by atoms with van der Waals surface area (Å²) < 4.78 is 0. The summed E-state index contributed by atoms with van der Waals surface area (Å²) in [7, 11) is 1.97. The van der Waals surface area contributed by atoms with E-state index in [0.29, 0.717) is 6.54 Å². The van der Waals surface area contributed by atoms with E-state index in [4.69, 9.17) is 0 Å². The summed E-state index contributed by atoms with van der Waals surface area (Å²) in [5.74, 6) is 0.0440. The van der Waals surface area contributed by atoms with Gasteiger partial charge in [-0.3, -0.25) is 9.69 Å². The minimum atomic E-state index is -0.247. The summed E-state index contributed by atoms with van der Waals surface area (Å²) in [6, 6.07) is 9.66. The van der Waals surface area contributed by atoms with Crippen molar-refractivity contribution in [3.63, 3.8) is 0 Å². The minimum Gasteiger partial charge on any atom is -0.354 e. The molecular formula is C17H23N3OS. The van der Waals surface area contributed by atoms with E-state index in [-0.39, 0.29) is 11.9 Å². The molecule has 0 aliphatic heterocycles. The number of carbonyl (C=O) groups excluding carboxylic acids is 1. The van der Waals surface area contributed by atoms with Crippen LogP contribution in [0.2, 0.25) is 0 Å². The van der Waals surface area contributed by atoms with Crippen molar-refractivity contribution in [1.82, 2.24) is 15.2 Å². The number of hydrogen-bond donors (Lipinski definition) is 1. The van der Waals surface area contributed by atoms with Gasteiger partial charge in [0.25, 0.3) is 0 Å². The Morgan fingerprint density at radius 2 is 2.09 bits per heavy atom. The Balaban J connectivity index is 1.97. The molecule has 0 fully saturated rings. The van der Waals surface area contributed by atoms with E-state index in [9.17, 15) is 4.79 Å². The lowest BCUT2D eigenvalue weighted by atomic mass is 10.0. The first kappa shape index (κ1) is 16.6. The fraction of sp³-hybridized carbons (Fsp3) is 0.412. The zero-order chi connectivity index (χ0) is 15.9. The lowest BCUT2D eigenvalue weighted by molar-refractivity contribution is -0.126. The number of carbonyl (C=O) groups is 1. The topological polar surface area (TPSA) is 45.2 Å². The first-order valence-electron chi connectivity index (χ1n) is 7.55. The van der Waals surface area contributed by atoms with Crippen molar-refractivity contribution >= 4 is 17.2 Å². The highest BCUT2D eigenvalue weighted by Crippen LogP contribution is 2.19. The van der Waals surface area contributed by atoms with Crippen LogP contribution < -0.4 is 5.32 Å². The summed E-state index contributed by atoms with van der Waals surface area (Å²) >= 11 is 1.64. The predicted molar refractivity (Wildman–Crippen MR) is 91.1 cm³/mol. The van der Waals surface area contributed by atoms with Crippen LogP contribution in [0.1, 0.15) is 29.2 Å². The molecular weight excluding hydrogens is 294 g/mol. The van der Waals surface area contributed by atoms with E-state index >= 15 is 0 Å². The molecule has 0 radical (unpaired) electrons. The first-order chi connectivity index (χ1) is 10.6. The van der Waals surface area contributed by atoms with Gasteiger partial charge >= 0.3 is 0 Å². The van der Waals surface area contributed by atoms with Crippen molar-refractivity contribution in [2.75, 3.05) is 20.1 Å². The maximum Gasteiger partial charge on any atom is 0.241 e. The number of hydrogen-bond acceptors (Lipinski definition) is 4. The molecule has 0 saturated carbocycles. The number of amides is 1. The molecule has 22 heavy (non-hydrogen) atoms. The molecule has 1 unspecified atom stereocenters. The highest BCUT2D eigenvalue weighted by atomic mass is 32.1. The highest BCUT2D eigenvalue weighted by molar-refractivity contribution is 7.09. The van der Waals surface area contributed by atoms with Gasteiger partial charge in [0.2, 0.25) is 5.91 Å². The third-order valence-corrected chi connectivity index (χ3v) is 4.47. The molecule has 5 heteroatoms. The predicted octanol–water partition coefficient (Wildman–Crippen LogP) is 2.80. The van der Waals surface area contributed by atoms with Crippen LogP contribution in [0.5, 0.6) is 0 Å². The number of thiazole rings is 1. The van der Waals surface area contributed by atoms with Crippen molar-refractivity contribution in [2.45, 2.75) is 26.3 Å². The molecule has 2 rings (SSSR count). The number of benzene rings is 1. The first-order valence-corrected chi connectivity index (χ1v) is 8.43. The second kappa shape index (κ2) is 8.06. The average molecular weight is 317 g/mol. The van der Waals surface area contributed by atoms with E-state index in [2.05, 4.69) is 22.1 Å². The molecule has 1 atom stereocenters. The number of nitrogens with one attached hydrogen (secondary N) is 1. The molecule has 1 amide bonds. The lowest BCUT2D eigenvalue weighted by Crippen LogP contribution is -2.39. The second-order valence-corrected chi connectivity index (χ2v) is 6.35. The van der Waals surface area contributed by atoms with Crippen molar-refractivity contribution in [1.29, 1.82) is 0 Å². The van der Waals surface area contributed by atoms with Crippen molar-refractivity contribution in [3.8, 4) is 0 Å². The number of rotatable bonds is 7. The van der Waals surface area contributed by atoms with Gasteiger partial charge in [-0.1, -0.05) is 37.3 Å². The molecule has 1 aromatic carbocycles. The third-order valence-electron chi connectivity index (χ3n) is 3.65. The van der Waals surface area contributed by atoms with Gasteiger partial charge < -0.3 is 5.32 Å². The van der Waals surface area contributed by atoms with E-state index in [1.165, 1.54) is 0 Å². The molecule has 1 aromatic heterocycles. The molecule has 1 heterocycles. The van der Waals surface area contributed by atoms with Crippen LogP contribution in [-0.4, -0.2) is 35.9 Å². The Hall–Kier alpha value is -1.72. The molecule has 0 bridgehead atoms. The fourth-order valence-corrected chi connectivity index (χ4v) is 3.00. The van der Waals surface area contributed by atoms with E-state index in [1.807, 2.05) is 49.7 Å². The fourth-order valence-electron chi connectivity index (χ4n) is 2.36. The standard InChI is InChI=1S/C17H23N3OS/c1-4-20(3)16(14-8-6-5-7-9-14)17(21)18-11-10-15-12-22-13(2)19-15/h5-9,12,16H,4,10-11H2,1-3H3,(H,18,21). The SMILES string of the molecule is CCN(C)C(C(=O)NCCc1csc(C)n1)c1ccccc1.